The van der Waals surface area contributed by atoms with E-state index in [1.807, 2.05) is 0 Å². The Kier molecular flexibility index (Phi) is 5.53. The van der Waals surface area contributed by atoms with Crippen LogP contribution in [0.25, 0.3) is 0 Å². The van der Waals surface area contributed by atoms with Gasteiger partial charge in [-0.15, -0.1) is 0 Å². The van der Waals surface area contributed by atoms with Crippen LogP contribution in [0.5, 0.6) is 11.5 Å². The number of carboxylic acid groups (broad SMARTS) is 2. The molecule has 0 spiro atoms. The second-order valence-corrected chi connectivity index (χ2v) is 4.03. The Bertz CT molecular complexity index is 555. The highest BCUT2D eigenvalue weighted by Gasteiger charge is 2.24. The maximum absolute atomic E-state index is 11.9. The fraction of sp³-hybridized carbons (Fsp3) is 0.308. The number of nitrogens with one attached hydrogen (secondary N) is 1. The molecule has 0 aliphatic heterocycles. The van der Waals surface area contributed by atoms with E-state index in [1.54, 1.807) is 0 Å². The van der Waals surface area contributed by atoms with Crippen molar-refractivity contribution in [1.29, 1.82) is 0 Å². The first-order valence-corrected chi connectivity index (χ1v) is 5.86. The lowest BCUT2D eigenvalue weighted by atomic mass is 10.1. The van der Waals surface area contributed by atoms with Gasteiger partial charge in [0.1, 0.15) is 6.04 Å². The van der Waals surface area contributed by atoms with Crippen LogP contribution in [0, 0.1) is 0 Å². The molecule has 0 aromatic heterocycles. The van der Waals surface area contributed by atoms with Gasteiger partial charge in [-0.1, -0.05) is 0 Å². The molecule has 21 heavy (non-hydrogen) atoms. The minimum absolute atomic E-state index is 0.129. The third-order valence-electron chi connectivity index (χ3n) is 2.63. The quantitative estimate of drug-likeness (QED) is 0.664. The van der Waals surface area contributed by atoms with Crippen LogP contribution in [0.15, 0.2) is 18.2 Å². The van der Waals surface area contributed by atoms with Gasteiger partial charge in [-0.25, -0.2) is 4.79 Å². The van der Waals surface area contributed by atoms with E-state index in [1.165, 1.54) is 32.4 Å². The van der Waals surface area contributed by atoms with Gasteiger partial charge in [-0.05, 0) is 18.2 Å². The lowest BCUT2D eigenvalue weighted by Gasteiger charge is -2.13. The molecule has 1 rings (SSSR count). The summed E-state index contributed by atoms with van der Waals surface area (Å²) in [5, 5.41) is 19.6. The number of amides is 1. The number of benzene rings is 1. The average Bonchev–Trinajstić information content (AvgIpc) is 2.45. The highest BCUT2D eigenvalue weighted by atomic mass is 16.5. The maximum Gasteiger partial charge on any atom is 0.326 e. The van der Waals surface area contributed by atoms with Crippen LogP contribution >= 0.6 is 0 Å². The first-order valence-electron chi connectivity index (χ1n) is 5.86. The zero-order valence-electron chi connectivity index (χ0n) is 11.5. The Morgan fingerprint density at radius 3 is 2.24 bits per heavy atom. The Labute approximate surface area is 120 Å². The van der Waals surface area contributed by atoms with Gasteiger partial charge >= 0.3 is 11.9 Å². The summed E-state index contributed by atoms with van der Waals surface area (Å²) >= 11 is 0. The van der Waals surface area contributed by atoms with E-state index in [4.69, 9.17) is 19.7 Å². The topological polar surface area (TPSA) is 122 Å². The van der Waals surface area contributed by atoms with E-state index < -0.39 is 30.3 Å². The number of carbonyl (C=O) groups is 3. The molecule has 0 saturated carbocycles. The summed E-state index contributed by atoms with van der Waals surface area (Å²) < 4.78 is 10.0. The predicted octanol–water partition coefficient (Wildman–Crippen LogP) is 0.361. The molecule has 0 bridgehead atoms. The average molecular weight is 297 g/mol. The molecule has 0 unspecified atom stereocenters. The molecule has 114 valence electrons. The molecule has 1 aromatic rings. The van der Waals surface area contributed by atoms with Crippen LogP contribution in [0.1, 0.15) is 16.8 Å². The van der Waals surface area contributed by atoms with Gasteiger partial charge in [0.15, 0.2) is 11.5 Å². The highest BCUT2D eigenvalue weighted by molar-refractivity contribution is 5.97. The third-order valence-corrected chi connectivity index (χ3v) is 2.63. The van der Waals surface area contributed by atoms with E-state index in [2.05, 4.69) is 5.32 Å². The number of carboxylic acids is 2. The molecular weight excluding hydrogens is 282 g/mol. The number of carbonyl (C=O) groups excluding carboxylic acids is 1. The summed E-state index contributed by atoms with van der Waals surface area (Å²) in [7, 11) is 2.83. The van der Waals surface area contributed by atoms with Crippen LogP contribution in [-0.4, -0.2) is 48.3 Å². The summed E-state index contributed by atoms with van der Waals surface area (Å²) in [6.07, 6.45) is -0.714. The van der Waals surface area contributed by atoms with Crippen molar-refractivity contribution in [2.45, 2.75) is 12.5 Å². The summed E-state index contributed by atoms with van der Waals surface area (Å²) in [5.41, 5.74) is 0.129. The van der Waals surface area contributed by atoms with E-state index in [-0.39, 0.29) is 5.56 Å². The van der Waals surface area contributed by atoms with Gasteiger partial charge in [0.05, 0.1) is 20.6 Å². The maximum atomic E-state index is 11.9. The SMILES string of the molecule is COc1ccc(C(=O)N[C@@H](CC(=O)O)C(=O)O)cc1OC. The zero-order chi connectivity index (χ0) is 16.0. The molecule has 1 amide bonds. The van der Waals surface area contributed by atoms with Gasteiger partial charge in [0, 0.05) is 5.56 Å². The van der Waals surface area contributed by atoms with Gasteiger partial charge in [0.2, 0.25) is 0 Å². The Balaban J connectivity index is 2.92. The zero-order valence-corrected chi connectivity index (χ0v) is 11.5. The third kappa shape index (κ3) is 4.37. The van der Waals surface area contributed by atoms with Crippen molar-refractivity contribution >= 4 is 17.8 Å². The second-order valence-electron chi connectivity index (χ2n) is 4.03. The molecule has 1 aromatic carbocycles. The summed E-state index contributed by atoms with van der Waals surface area (Å²) in [5.74, 6) is -2.75. The lowest BCUT2D eigenvalue weighted by Crippen LogP contribution is -2.42. The van der Waals surface area contributed by atoms with Crippen molar-refractivity contribution in [1.82, 2.24) is 5.32 Å². The number of ether oxygens (including phenoxy) is 2. The van der Waals surface area contributed by atoms with Crippen molar-refractivity contribution in [2.75, 3.05) is 14.2 Å². The van der Waals surface area contributed by atoms with E-state index >= 15 is 0 Å². The predicted molar refractivity (Wildman–Crippen MR) is 70.7 cm³/mol. The van der Waals surface area contributed by atoms with Crippen molar-refractivity contribution in [3.8, 4) is 11.5 Å². The molecule has 0 aliphatic rings. The molecule has 1 atom stereocenters. The standard InChI is InChI=1S/C13H15NO7/c1-20-9-4-3-7(5-10(9)21-2)12(17)14-8(13(18)19)6-11(15)16/h3-5,8H,6H2,1-2H3,(H,14,17)(H,15,16)(H,18,19)/t8-/m0/s1. The first-order chi connectivity index (χ1) is 9.88. The van der Waals surface area contributed by atoms with Crippen LogP contribution in [0.4, 0.5) is 0 Å². The monoisotopic (exact) mass is 297 g/mol. The smallest absolute Gasteiger partial charge is 0.326 e. The highest BCUT2D eigenvalue weighted by Crippen LogP contribution is 2.27. The number of aliphatic carboxylic acids is 2. The molecule has 0 radical (unpaired) electrons. The second kappa shape index (κ2) is 7.13. The fourth-order valence-electron chi connectivity index (χ4n) is 1.59. The van der Waals surface area contributed by atoms with Crippen molar-refractivity contribution in [3.63, 3.8) is 0 Å². The molecule has 8 heteroatoms. The van der Waals surface area contributed by atoms with E-state index in [0.29, 0.717) is 11.5 Å². The molecule has 0 fully saturated rings. The van der Waals surface area contributed by atoms with Gasteiger partial charge in [-0.2, -0.15) is 0 Å². The molecule has 8 nitrogen and oxygen atoms in total. The minimum atomic E-state index is -1.51. The summed E-state index contributed by atoms with van der Waals surface area (Å²) in [6.45, 7) is 0. The van der Waals surface area contributed by atoms with Crippen LogP contribution in [0.3, 0.4) is 0 Å². The van der Waals surface area contributed by atoms with Crippen LogP contribution in [-0.2, 0) is 9.59 Å². The number of hydrogen-bond donors (Lipinski definition) is 3. The van der Waals surface area contributed by atoms with Crippen molar-refractivity contribution < 1.29 is 34.1 Å². The van der Waals surface area contributed by atoms with Crippen LogP contribution < -0.4 is 14.8 Å². The largest absolute Gasteiger partial charge is 0.493 e. The van der Waals surface area contributed by atoms with Crippen molar-refractivity contribution in [2.24, 2.45) is 0 Å². The summed E-state index contributed by atoms with van der Waals surface area (Å²) in [6, 6.07) is 2.76. The van der Waals surface area contributed by atoms with Crippen LogP contribution in [0.2, 0.25) is 0 Å². The molecule has 3 N–H and O–H groups in total. The Morgan fingerprint density at radius 2 is 1.76 bits per heavy atom. The first kappa shape index (κ1) is 16.3. The number of methoxy groups -OCH3 is 2. The number of hydrogen-bond acceptors (Lipinski definition) is 5. The Morgan fingerprint density at radius 1 is 1.14 bits per heavy atom. The molecule has 0 heterocycles. The molecule has 0 aliphatic carbocycles. The Hall–Kier alpha value is -2.77. The number of rotatable bonds is 7. The van der Waals surface area contributed by atoms with Gasteiger partial charge < -0.3 is 25.0 Å². The summed E-state index contributed by atoms with van der Waals surface area (Å²) in [4.78, 5) is 33.4. The lowest BCUT2D eigenvalue weighted by molar-refractivity contribution is -0.145. The molecule has 0 saturated heterocycles. The minimum Gasteiger partial charge on any atom is -0.493 e. The van der Waals surface area contributed by atoms with Gasteiger partial charge in [-0.3, -0.25) is 9.59 Å². The van der Waals surface area contributed by atoms with E-state index in [0.717, 1.165) is 0 Å². The van der Waals surface area contributed by atoms with Gasteiger partial charge in [0.25, 0.3) is 5.91 Å². The normalized spacial score (nSPS) is 11.3. The fourth-order valence-corrected chi connectivity index (χ4v) is 1.59. The molecular formula is C13H15NO7. The van der Waals surface area contributed by atoms with E-state index in [9.17, 15) is 14.4 Å². The van der Waals surface area contributed by atoms with Crippen molar-refractivity contribution in [3.05, 3.63) is 23.8 Å².